The fraction of sp³-hybridized carbons (Fsp3) is 0.245. The third kappa shape index (κ3) is 9.12. The summed E-state index contributed by atoms with van der Waals surface area (Å²) >= 11 is 0. The molecule has 0 aliphatic carbocycles. The molecule has 14 heteroatoms. The van der Waals surface area contributed by atoms with Crippen LogP contribution < -0.4 is 15.5 Å². The summed E-state index contributed by atoms with van der Waals surface area (Å²) in [5.41, 5.74) is 6.29. The number of carbonyl (C=O) groups excluding carboxylic acids is 4. The van der Waals surface area contributed by atoms with Crippen LogP contribution in [0, 0.1) is 0 Å². The number of hydrazine groups is 1. The van der Waals surface area contributed by atoms with Crippen LogP contribution in [-0.2, 0) is 40.8 Å². The second kappa shape index (κ2) is 18.3. The van der Waals surface area contributed by atoms with E-state index < -0.39 is 12.2 Å². The van der Waals surface area contributed by atoms with Gasteiger partial charge < -0.3 is 35.0 Å². The molecule has 4 amide bonds. The van der Waals surface area contributed by atoms with Crippen molar-refractivity contribution in [3.05, 3.63) is 156 Å². The minimum absolute atomic E-state index is 0.0643. The SMILES string of the molecule is C=CCN1CC(=O)N2C(Cc3ccc(O)cc3)C(=O)N(Cc3cccc4c(C(=O)Nc5ccc(Nc6ccc(N(C)C)cc6)nc5)cn(C)c34)CC2N1C(=O)CCc1ccccc1. The summed E-state index contributed by atoms with van der Waals surface area (Å²) in [6, 6.07) is 32.7. The largest absolute Gasteiger partial charge is 0.508 e. The Balaban J connectivity index is 1.06. The van der Waals surface area contributed by atoms with Crippen LogP contribution in [0.1, 0.15) is 33.5 Å². The van der Waals surface area contributed by atoms with Crippen molar-refractivity contribution in [1.82, 2.24) is 29.4 Å². The summed E-state index contributed by atoms with van der Waals surface area (Å²) in [5, 5.41) is 20.4. The Hall–Kier alpha value is -7.45. The lowest BCUT2D eigenvalue weighted by molar-refractivity contribution is -0.205. The average molecular weight is 846 g/mol. The van der Waals surface area contributed by atoms with E-state index in [1.54, 1.807) is 74.7 Å². The van der Waals surface area contributed by atoms with Gasteiger partial charge in [0.15, 0.2) is 0 Å². The summed E-state index contributed by atoms with van der Waals surface area (Å²) in [7, 11) is 5.84. The maximum atomic E-state index is 14.8. The molecule has 2 fully saturated rings. The topological polar surface area (TPSA) is 147 Å². The summed E-state index contributed by atoms with van der Waals surface area (Å²) in [4.78, 5) is 66.9. The molecule has 0 bridgehead atoms. The molecule has 63 heavy (non-hydrogen) atoms. The van der Waals surface area contributed by atoms with E-state index in [-0.39, 0.29) is 68.4 Å². The number of pyridine rings is 1. The van der Waals surface area contributed by atoms with Gasteiger partial charge in [0, 0.05) is 70.0 Å². The van der Waals surface area contributed by atoms with Gasteiger partial charge in [-0.15, -0.1) is 6.58 Å². The third-order valence-corrected chi connectivity index (χ3v) is 11.6. The van der Waals surface area contributed by atoms with Crippen LogP contribution >= 0.6 is 0 Å². The number of phenols is 1. The zero-order chi connectivity index (χ0) is 44.2. The fourth-order valence-electron chi connectivity index (χ4n) is 8.57. The molecule has 0 saturated carbocycles. The van der Waals surface area contributed by atoms with Crippen LogP contribution in [0.15, 0.2) is 134 Å². The predicted octanol–water partition coefficient (Wildman–Crippen LogP) is 6.33. The van der Waals surface area contributed by atoms with Gasteiger partial charge in [-0.25, -0.2) is 15.0 Å². The minimum Gasteiger partial charge on any atom is -0.508 e. The van der Waals surface area contributed by atoms with Gasteiger partial charge in [0.1, 0.15) is 23.8 Å². The van der Waals surface area contributed by atoms with E-state index in [9.17, 15) is 24.3 Å². The molecule has 4 heterocycles. The molecule has 2 atom stereocenters. The monoisotopic (exact) mass is 845 g/mol. The highest BCUT2D eigenvalue weighted by molar-refractivity contribution is 6.13. The number of hydrogen-bond donors (Lipinski definition) is 3. The van der Waals surface area contributed by atoms with Gasteiger partial charge >= 0.3 is 0 Å². The summed E-state index contributed by atoms with van der Waals surface area (Å²) < 4.78 is 1.89. The molecule has 2 unspecified atom stereocenters. The van der Waals surface area contributed by atoms with Gasteiger partial charge in [0.2, 0.25) is 17.7 Å². The van der Waals surface area contributed by atoms with Crippen LogP contribution in [0.5, 0.6) is 5.75 Å². The Labute approximate surface area is 366 Å². The first kappa shape index (κ1) is 42.2. The van der Waals surface area contributed by atoms with E-state index >= 15 is 0 Å². The number of aromatic hydroxyl groups is 1. The van der Waals surface area contributed by atoms with Crippen molar-refractivity contribution in [2.24, 2.45) is 7.05 Å². The molecule has 0 radical (unpaired) electrons. The number of aryl methyl sites for hydroxylation is 2. The van der Waals surface area contributed by atoms with E-state index in [2.05, 4.69) is 22.2 Å². The summed E-state index contributed by atoms with van der Waals surface area (Å²) in [6.07, 6.45) is 5.14. The molecule has 2 saturated heterocycles. The average Bonchev–Trinajstić information content (AvgIpc) is 3.63. The lowest BCUT2D eigenvalue weighted by Gasteiger charge is -2.55. The van der Waals surface area contributed by atoms with Gasteiger partial charge in [-0.2, -0.15) is 0 Å². The standard InChI is InChI=1S/C49H51N9O5/c1-5-26-56-32-46(61)57-42(27-34-14-22-39(59)23-15-34)49(63)55(31-44(57)58(56)45(60)25-16-33-10-7-6-8-11-33)29-35-12-9-13-40-41(30-54(4)47(35)40)48(62)52-37-19-24-43(50-28-37)51-36-17-20-38(21-18-36)53(2)3/h5-15,17-24,28,30,42,44,59H,1,16,25-27,29,31-32H2,2-4H3,(H,50,51)(H,52,62). The van der Waals surface area contributed by atoms with E-state index in [1.807, 2.05) is 103 Å². The molecule has 2 aliphatic heterocycles. The highest BCUT2D eigenvalue weighted by atomic mass is 16.3. The number of carbonyl (C=O) groups is 4. The Bertz CT molecular complexity index is 2630. The molecule has 0 spiro atoms. The second-order valence-electron chi connectivity index (χ2n) is 16.2. The fourth-order valence-corrected chi connectivity index (χ4v) is 8.57. The van der Waals surface area contributed by atoms with Crippen LogP contribution in [0.2, 0.25) is 0 Å². The number of rotatable bonds is 14. The maximum Gasteiger partial charge on any atom is 0.257 e. The first-order valence-electron chi connectivity index (χ1n) is 21.0. The smallest absolute Gasteiger partial charge is 0.257 e. The van der Waals surface area contributed by atoms with Crippen molar-refractivity contribution in [3.8, 4) is 5.75 Å². The van der Waals surface area contributed by atoms with Crippen LogP contribution in [0.25, 0.3) is 10.9 Å². The van der Waals surface area contributed by atoms with Gasteiger partial charge in [-0.05, 0) is 71.6 Å². The van der Waals surface area contributed by atoms with Gasteiger partial charge in [0.25, 0.3) is 5.91 Å². The first-order chi connectivity index (χ1) is 30.5. The van der Waals surface area contributed by atoms with Crippen molar-refractivity contribution in [1.29, 1.82) is 0 Å². The van der Waals surface area contributed by atoms with Crippen molar-refractivity contribution < 1.29 is 24.3 Å². The van der Waals surface area contributed by atoms with Crippen molar-refractivity contribution in [3.63, 3.8) is 0 Å². The molecule has 8 rings (SSSR count). The van der Waals surface area contributed by atoms with Crippen LogP contribution in [-0.4, -0.2) is 104 Å². The van der Waals surface area contributed by atoms with E-state index in [0.717, 1.165) is 33.6 Å². The Morgan fingerprint density at radius 3 is 2.35 bits per heavy atom. The lowest BCUT2D eigenvalue weighted by atomic mass is 9.97. The van der Waals surface area contributed by atoms with E-state index in [1.165, 1.54) is 0 Å². The quantitative estimate of drug-likeness (QED) is 0.107. The number of amides is 4. The van der Waals surface area contributed by atoms with Crippen molar-refractivity contribution in [2.75, 3.05) is 49.3 Å². The highest BCUT2D eigenvalue weighted by Gasteiger charge is 2.51. The Kier molecular flexibility index (Phi) is 12.2. The predicted molar refractivity (Wildman–Crippen MR) is 244 cm³/mol. The molecule has 2 aromatic heterocycles. The molecular weight excluding hydrogens is 795 g/mol. The number of piperazine rings is 1. The number of phenolic OH excluding ortho intramolecular Hbond substituents is 1. The summed E-state index contributed by atoms with van der Waals surface area (Å²) in [6.45, 7) is 4.30. The number of nitrogens with zero attached hydrogens (tertiary/aromatic N) is 7. The second-order valence-corrected chi connectivity index (χ2v) is 16.2. The molecule has 2 aliphatic rings. The molecule has 6 aromatic rings. The number of fused-ring (bicyclic) bond motifs is 2. The number of hydrogen-bond acceptors (Lipinski definition) is 9. The van der Waals surface area contributed by atoms with Gasteiger partial charge in [-0.1, -0.05) is 66.7 Å². The number of nitrogens with one attached hydrogen (secondary N) is 2. The van der Waals surface area contributed by atoms with Crippen LogP contribution in [0.4, 0.5) is 22.9 Å². The molecule has 322 valence electrons. The van der Waals surface area contributed by atoms with Crippen molar-refractivity contribution >= 4 is 57.4 Å². The highest BCUT2D eigenvalue weighted by Crippen LogP contribution is 2.32. The number of aromatic nitrogens is 2. The Morgan fingerprint density at radius 1 is 0.905 bits per heavy atom. The summed E-state index contributed by atoms with van der Waals surface area (Å²) in [5.74, 6) is -0.288. The first-order valence-corrected chi connectivity index (χ1v) is 21.0. The van der Waals surface area contributed by atoms with E-state index in [0.29, 0.717) is 28.9 Å². The van der Waals surface area contributed by atoms with Gasteiger partial charge in [0.05, 0.1) is 36.1 Å². The molecule has 4 aromatic carbocycles. The van der Waals surface area contributed by atoms with Crippen LogP contribution in [0.3, 0.4) is 0 Å². The third-order valence-electron chi connectivity index (χ3n) is 11.6. The normalized spacial score (nSPS) is 16.5. The Morgan fingerprint density at radius 2 is 1.65 bits per heavy atom. The van der Waals surface area contributed by atoms with Crippen molar-refractivity contribution in [2.45, 2.75) is 38.0 Å². The molecule has 14 nitrogen and oxygen atoms in total. The van der Waals surface area contributed by atoms with Gasteiger partial charge in [-0.3, -0.25) is 19.2 Å². The zero-order valence-corrected chi connectivity index (χ0v) is 35.6. The molecular formula is C49H51N9O5. The van der Waals surface area contributed by atoms with E-state index in [4.69, 9.17) is 0 Å². The molecule has 3 N–H and O–H groups in total. The number of benzene rings is 4. The number of anilines is 4. The lowest BCUT2D eigenvalue weighted by Crippen LogP contribution is -2.75. The number of para-hydroxylation sites is 1. The minimum atomic E-state index is -0.927. The zero-order valence-electron chi connectivity index (χ0n) is 35.6. The maximum absolute atomic E-state index is 14.8.